The molecule has 5 heteroatoms. The maximum absolute atomic E-state index is 11.1. The van der Waals surface area contributed by atoms with Gasteiger partial charge < -0.3 is 4.74 Å². The summed E-state index contributed by atoms with van der Waals surface area (Å²) >= 11 is 17.4. The van der Waals surface area contributed by atoms with Crippen molar-refractivity contribution in [3.63, 3.8) is 0 Å². The van der Waals surface area contributed by atoms with Gasteiger partial charge in [-0.05, 0) is 17.7 Å². The Balaban J connectivity index is 3.01. The first-order chi connectivity index (χ1) is 6.56. The lowest BCUT2D eigenvalue weighted by Gasteiger charge is -2.09. The molecule has 0 heterocycles. The molecule has 0 spiro atoms. The second-order valence-electron chi connectivity index (χ2n) is 2.55. The van der Waals surface area contributed by atoms with Crippen molar-refractivity contribution in [3.05, 3.63) is 33.8 Å². The Labute approximate surface area is 96.7 Å². The largest absolute Gasteiger partial charge is 0.468 e. The van der Waals surface area contributed by atoms with Crippen molar-refractivity contribution in [1.82, 2.24) is 0 Å². The Morgan fingerprint density at radius 1 is 1.43 bits per heavy atom. The van der Waals surface area contributed by atoms with Crippen molar-refractivity contribution < 1.29 is 9.53 Å². The van der Waals surface area contributed by atoms with Crippen LogP contribution in [0.25, 0.3) is 0 Å². The van der Waals surface area contributed by atoms with Crippen LogP contribution < -0.4 is 0 Å². The third-order valence-corrected chi connectivity index (χ3v) is 2.62. The van der Waals surface area contributed by atoms with Crippen LogP contribution in [-0.2, 0) is 9.53 Å². The highest BCUT2D eigenvalue weighted by molar-refractivity contribution is 6.37. The number of hydrogen-bond acceptors (Lipinski definition) is 2. The summed E-state index contributed by atoms with van der Waals surface area (Å²) in [4.78, 5) is 11.1. The van der Waals surface area contributed by atoms with Crippen molar-refractivity contribution in [3.8, 4) is 0 Å². The second-order valence-corrected chi connectivity index (χ2v) is 3.83. The van der Waals surface area contributed by atoms with E-state index in [1.54, 1.807) is 12.1 Å². The number of hydrogen-bond donors (Lipinski definition) is 0. The van der Waals surface area contributed by atoms with Crippen molar-refractivity contribution in [2.75, 3.05) is 7.11 Å². The van der Waals surface area contributed by atoms with Gasteiger partial charge in [-0.1, -0.05) is 29.3 Å². The third kappa shape index (κ3) is 2.53. The summed E-state index contributed by atoms with van der Waals surface area (Å²) in [6, 6.07) is 4.73. The molecule has 0 aliphatic rings. The molecule has 1 atom stereocenters. The number of halogens is 3. The molecule has 0 aliphatic carbocycles. The molecule has 0 fully saturated rings. The number of rotatable bonds is 2. The predicted octanol–water partition coefficient (Wildman–Crippen LogP) is 3.45. The number of carbonyl (C=O) groups excluding carboxylic acids is 1. The average Bonchev–Trinajstić information content (AvgIpc) is 2.15. The number of ether oxygens (including phenoxy) is 1. The van der Waals surface area contributed by atoms with E-state index in [1.807, 2.05) is 0 Å². The predicted molar refractivity (Wildman–Crippen MR) is 57.1 cm³/mol. The van der Waals surface area contributed by atoms with E-state index in [-0.39, 0.29) is 0 Å². The van der Waals surface area contributed by atoms with Gasteiger partial charge in [0, 0.05) is 10.0 Å². The Morgan fingerprint density at radius 2 is 2.07 bits per heavy atom. The average molecular weight is 254 g/mol. The van der Waals surface area contributed by atoms with Gasteiger partial charge in [0.1, 0.15) is 0 Å². The lowest BCUT2D eigenvalue weighted by molar-refractivity contribution is -0.140. The van der Waals surface area contributed by atoms with Gasteiger partial charge >= 0.3 is 5.97 Å². The molecule has 0 aliphatic heterocycles. The van der Waals surface area contributed by atoms with Crippen LogP contribution in [0.1, 0.15) is 10.9 Å². The summed E-state index contributed by atoms with van der Waals surface area (Å²) in [5.41, 5.74) is 0.490. The van der Waals surface area contributed by atoms with Crippen LogP contribution in [0, 0.1) is 0 Å². The molecule has 0 radical (unpaired) electrons. The van der Waals surface area contributed by atoms with E-state index in [0.29, 0.717) is 15.6 Å². The number of methoxy groups -OCH3 is 1. The molecule has 0 saturated heterocycles. The highest BCUT2D eigenvalue weighted by Crippen LogP contribution is 2.30. The zero-order valence-electron chi connectivity index (χ0n) is 7.26. The number of carbonyl (C=O) groups is 1. The topological polar surface area (TPSA) is 26.3 Å². The van der Waals surface area contributed by atoms with Gasteiger partial charge in [-0.3, -0.25) is 4.79 Å². The second kappa shape index (κ2) is 4.87. The molecule has 76 valence electrons. The highest BCUT2D eigenvalue weighted by Gasteiger charge is 2.20. The normalized spacial score (nSPS) is 12.3. The zero-order chi connectivity index (χ0) is 10.7. The smallest absolute Gasteiger partial charge is 0.328 e. The number of benzene rings is 1. The molecule has 1 rings (SSSR count). The first-order valence-corrected chi connectivity index (χ1v) is 4.92. The Kier molecular flexibility index (Phi) is 4.05. The molecular formula is C9H7Cl3O2. The molecule has 14 heavy (non-hydrogen) atoms. The van der Waals surface area contributed by atoms with Crippen LogP contribution in [-0.4, -0.2) is 13.1 Å². The van der Waals surface area contributed by atoms with Crippen LogP contribution in [0.3, 0.4) is 0 Å². The molecule has 2 nitrogen and oxygen atoms in total. The Bertz CT molecular complexity index is 352. The van der Waals surface area contributed by atoms with E-state index in [2.05, 4.69) is 4.74 Å². The van der Waals surface area contributed by atoms with E-state index in [1.165, 1.54) is 13.2 Å². The Hall–Kier alpha value is -0.440. The maximum atomic E-state index is 11.1. The number of alkyl halides is 1. The molecule has 1 aromatic rings. The molecule has 1 aromatic carbocycles. The molecule has 0 saturated carbocycles. The molecule has 0 bridgehead atoms. The van der Waals surface area contributed by atoms with Crippen LogP contribution in [0.4, 0.5) is 0 Å². The van der Waals surface area contributed by atoms with Crippen molar-refractivity contribution in [2.24, 2.45) is 0 Å². The van der Waals surface area contributed by atoms with Gasteiger partial charge in [-0.15, -0.1) is 11.6 Å². The number of esters is 1. The molecule has 0 unspecified atom stereocenters. The lowest BCUT2D eigenvalue weighted by Crippen LogP contribution is -2.08. The first kappa shape index (κ1) is 11.6. The fourth-order valence-corrected chi connectivity index (χ4v) is 1.79. The fraction of sp³-hybridized carbons (Fsp3) is 0.222. The third-order valence-electron chi connectivity index (χ3n) is 1.64. The van der Waals surface area contributed by atoms with Gasteiger partial charge in [0.05, 0.1) is 7.11 Å². The minimum atomic E-state index is -0.898. The van der Waals surface area contributed by atoms with E-state index in [0.717, 1.165) is 0 Å². The van der Waals surface area contributed by atoms with Crippen molar-refractivity contribution in [1.29, 1.82) is 0 Å². The molecular weight excluding hydrogens is 246 g/mol. The maximum Gasteiger partial charge on any atom is 0.328 e. The fourth-order valence-electron chi connectivity index (χ4n) is 0.937. The zero-order valence-corrected chi connectivity index (χ0v) is 9.53. The lowest BCUT2D eigenvalue weighted by atomic mass is 10.1. The Morgan fingerprint density at radius 3 is 2.57 bits per heavy atom. The van der Waals surface area contributed by atoms with Crippen molar-refractivity contribution >= 4 is 40.8 Å². The van der Waals surface area contributed by atoms with Crippen LogP contribution in [0.5, 0.6) is 0 Å². The molecule has 0 amide bonds. The quantitative estimate of drug-likeness (QED) is 0.596. The SMILES string of the molecule is COC(=O)[C@H](Cl)c1ccc(Cl)cc1Cl. The summed E-state index contributed by atoms with van der Waals surface area (Å²) in [5, 5.41) is -0.0554. The monoisotopic (exact) mass is 252 g/mol. The van der Waals surface area contributed by atoms with Crippen LogP contribution >= 0.6 is 34.8 Å². The van der Waals surface area contributed by atoms with Gasteiger partial charge in [0.2, 0.25) is 0 Å². The summed E-state index contributed by atoms with van der Waals surface area (Å²) in [6.07, 6.45) is 0. The van der Waals surface area contributed by atoms with Gasteiger partial charge in [-0.25, -0.2) is 0 Å². The van der Waals surface area contributed by atoms with E-state index in [9.17, 15) is 4.79 Å². The minimum absolute atomic E-state index is 0.350. The molecule has 0 N–H and O–H groups in total. The standard InChI is InChI=1S/C9H7Cl3O2/c1-14-9(13)8(12)6-3-2-5(10)4-7(6)11/h2-4,8H,1H3/t8-/m1/s1. The summed E-state index contributed by atoms with van der Waals surface area (Å²) < 4.78 is 4.49. The van der Waals surface area contributed by atoms with Crippen LogP contribution in [0.2, 0.25) is 10.0 Å². The minimum Gasteiger partial charge on any atom is -0.468 e. The van der Waals surface area contributed by atoms with E-state index in [4.69, 9.17) is 34.8 Å². The van der Waals surface area contributed by atoms with Gasteiger partial charge in [0.25, 0.3) is 0 Å². The van der Waals surface area contributed by atoms with Gasteiger partial charge in [0.15, 0.2) is 5.38 Å². The summed E-state index contributed by atoms with van der Waals surface area (Å²) in [5.74, 6) is -0.545. The van der Waals surface area contributed by atoms with Gasteiger partial charge in [-0.2, -0.15) is 0 Å². The molecule has 0 aromatic heterocycles. The van der Waals surface area contributed by atoms with E-state index >= 15 is 0 Å². The highest BCUT2D eigenvalue weighted by atomic mass is 35.5. The van der Waals surface area contributed by atoms with Crippen LogP contribution in [0.15, 0.2) is 18.2 Å². The van der Waals surface area contributed by atoms with Crippen molar-refractivity contribution in [2.45, 2.75) is 5.38 Å². The first-order valence-electron chi connectivity index (χ1n) is 3.73. The summed E-state index contributed by atoms with van der Waals surface area (Å²) in [6.45, 7) is 0. The summed E-state index contributed by atoms with van der Waals surface area (Å²) in [7, 11) is 1.27. The van der Waals surface area contributed by atoms with E-state index < -0.39 is 11.3 Å².